The summed E-state index contributed by atoms with van der Waals surface area (Å²) in [4.78, 5) is 28.6. The first-order valence-electron chi connectivity index (χ1n) is 10.2. The van der Waals surface area contributed by atoms with Gasteiger partial charge in [0.25, 0.3) is 11.8 Å². The lowest BCUT2D eigenvalue weighted by molar-refractivity contribution is -0.120. The van der Waals surface area contributed by atoms with Crippen molar-refractivity contribution in [1.29, 1.82) is 0 Å². The Morgan fingerprint density at radius 1 is 0.812 bits per heavy atom. The Bertz CT molecular complexity index is 1250. The van der Waals surface area contributed by atoms with E-state index in [1.54, 1.807) is 31.4 Å². The molecule has 6 nitrogen and oxygen atoms in total. The second kappa shape index (κ2) is 8.59. The van der Waals surface area contributed by atoms with Gasteiger partial charge in [-0.25, -0.2) is 4.90 Å². The number of amides is 2. The molecular weight excluding hydrogens is 404 g/mol. The van der Waals surface area contributed by atoms with Gasteiger partial charge in [0.05, 0.1) is 25.5 Å². The zero-order chi connectivity index (χ0) is 22.8. The Hall–Kier alpha value is -4.06. The number of nitrogens with zero attached hydrogens (tertiary/aromatic N) is 1. The van der Waals surface area contributed by atoms with E-state index in [9.17, 15) is 9.59 Å². The van der Waals surface area contributed by atoms with Crippen LogP contribution in [0.3, 0.4) is 0 Å². The summed E-state index contributed by atoms with van der Waals surface area (Å²) in [6, 6.07) is 20.0. The van der Waals surface area contributed by atoms with Crippen LogP contribution in [0, 0.1) is 13.8 Å². The minimum Gasteiger partial charge on any atom is -0.497 e. The van der Waals surface area contributed by atoms with Gasteiger partial charge in [0, 0.05) is 17.3 Å². The van der Waals surface area contributed by atoms with Crippen LogP contribution in [-0.4, -0.2) is 26.0 Å². The third-order valence-corrected chi connectivity index (χ3v) is 5.62. The Labute approximate surface area is 187 Å². The highest BCUT2D eigenvalue weighted by molar-refractivity contribution is 6.46. The molecule has 1 aliphatic rings. The maximum atomic E-state index is 13.7. The summed E-state index contributed by atoms with van der Waals surface area (Å²) in [5.41, 5.74) is 4.06. The van der Waals surface area contributed by atoms with Crippen LogP contribution < -0.4 is 19.7 Å². The molecule has 0 spiro atoms. The lowest BCUT2D eigenvalue weighted by atomic mass is 10.0. The Morgan fingerprint density at radius 3 is 2.31 bits per heavy atom. The normalized spacial score (nSPS) is 13.6. The van der Waals surface area contributed by atoms with Gasteiger partial charge in [-0.05, 0) is 49.2 Å². The summed E-state index contributed by atoms with van der Waals surface area (Å²) in [5, 5.41) is 3.16. The SMILES string of the molecule is COc1cccc(NC2=C(c3ccccc3OC)C(=O)N(c3cccc(C)c3C)C2=O)c1. The van der Waals surface area contributed by atoms with Crippen LogP contribution >= 0.6 is 0 Å². The van der Waals surface area contributed by atoms with E-state index in [-0.39, 0.29) is 11.3 Å². The fourth-order valence-corrected chi connectivity index (χ4v) is 3.79. The van der Waals surface area contributed by atoms with Crippen molar-refractivity contribution in [2.45, 2.75) is 13.8 Å². The molecule has 0 saturated heterocycles. The quantitative estimate of drug-likeness (QED) is 0.576. The average molecular weight is 428 g/mol. The van der Waals surface area contributed by atoms with Crippen LogP contribution in [0.5, 0.6) is 11.5 Å². The molecule has 0 radical (unpaired) electrons. The highest BCUT2D eigenvalue weighted by atomic mass is 16.5. The summed E-state index contributed by atoms with van der Waals surface area (Å²) < 4.78 is 10.8. The topological polar surface area (TPSA) is 67.9 Å². The van der Waals surface area contributed by atoms with Crippen LogP contribution in [0.2, 0.25) is 0 Å². The number of ether oxygens (including phenoxy) is 2. The van der Waals surface area contributed by atoms with Crippen molar-refractivity contribution in [3.8, 4) is 11.5 Å². The fraction of sp³-hybridized carbons (Fsp3) is 0.154. The number of anilines is 2. The lowest BCUT2D eigenvalue weighted by Gasteiger charge is -2.19. The van der Waals surface area contributed by atoms with Crippen molar-refractivity contribution in [3.05, 3.63) is 89.1 Å². The largest absolute Gasteiger partial charge is 0.497 e. The predicted molar refractivity (Wildman–Crippen MR) is 125 cm³/mol. The fourth-order valence-electron chi connectivity index (χ4n) is 3.79. The number of imide groups is 1. The molecule has 0 aliphatic carbocycles. The van der Waals surface area contributed by atoms with Gasteiger partial charge in [-0.15, -0.1) is 0 Å². The van der Waals surface area contributed by atoms with Crippen molar-refractivity contribution in [1.82, 2.24) is 0 Å². The molecule has 1 heterocycles. The lowest BCUT2D eigenvalue weighted by Crippen LogP contribution is -2.33. The molecule has 0 fully saturated rings. The van der Waals surface area contributed by atoms with Gasteiger partial charge in [-0.2, -0.15) is 0 Å². The second-order valence-electron chi connectivity index (χ2n) is 7.47. The van der Waals surface area contributed by atoms with E-state index in [2.05, 4.69) is 5.32 Å². The van der Waals surface area contributed by atoms with Crippen molar-refractivity contribution in [3.63, 3.8) is 0 Å². The Kier molecular flexibility index (Phi) is 5.69. The number of benzene rings is 3. The third-order valence-electron chi connectivity index (χ3n) is 5.62. The first kappa shape index (κ1) is 21.2. The molecule has 0 unspecified atom stereocenters. The predicted octanol–water partition coefficient (Wildman–Crippen LogP) is 4.72. The standard InChI is InChI=1S/C26H24N2O4/c1-16-9-7-13-21(17(16)2)28-25(29)23(20-12-5-6-14-22(20)32-4)24(26(28)30)27-18-10-8-11-19(15-18)31-3/h5-15,27H,1-4H3. The maximum absolute atomic E-state index is 13.7. The van der Waals surface area contributed by atoms with E-state index in [1.807, 2.05) is 56.3 Å². The number of aryl methyl sites for hydroxylation is 1. The molecule has 3 aromatic carbocycles. The first-order valence-corrected chi connectivity index (χ1v) is 10.2. The number of hydrogen-bond donors (Lipinski definition) is 1. The van der Waals surface area contributed by atoms with Crippen LogP contribution in [0.1, 0.15) is 16.7 Å². The molecule has 3 aromatic rings. The van der Waals surface area contributed by atoms with E-state index in [0.717, 1.165) is 11.1 Å². The van der Waals surface area contributed by atoms with Crippen LogP contribution in [0.15, 0.2) is 72.4 Å². The highest BCUT2D eigenvalue weighted by Crippen LogP contribution is 2.38. The molecule has 2 amide bonds. The van der Waals surface area contributed by atoms with E-state index in [0.29, 0.717) is 28.4 Å². The number of methoxy groups -OCH3 is 2. The molecular formula is C26H24N2O4. The zero-order valence-electron chi connectivity index (χ0n) is 18.4. The second-order valence-corrected chi connectivity index (χ2v) is 7.47. The monoisotopic (exact) mass is 428 g/mol. The molecule has 162 valence electrons. The zero-order valence-corrected chi connectivity index (χ0v) is 18.4. The minimum absolute atomic E-state index is 0.189. The average Bonchev–Trinajstić information content (AvgIpc) is 3.05. The smallest absolute Gasteiger partial charge is 0.282 e. The first-order chi connectivity index (χ1) is 15.5. The Balaban J connectivity index is 1.89. The molecule has 0 aromatic heterocycles. The third kappa shape index (κ3) is 3.60. The van der Waals surface area contributed by atoms with Gasteiger partial charge in [0.1, 0.15) is 17.2 Å². The highest BCUT2D eigenvalue weighted by Gasteiger charge is 2.41. The van der Waals surface area contributed by atoms with E-state index in [4.69, 9.17) is 9.47 Å². The van der Waals surface area contributed by atoms with Crippen molar-refractivity contribution in [2.24, 2.45) is 0 Å². The summed E-state index contributed by atoms with van der Waals surface area (Å²) in [7, 11) is 3.11. The van der Waals surface area contributed by atoms with Gasteiger partial charge in [-0.3, -0.25) is 9.59 Å². The summed E-state index contributed by atoms with van der Waals surface area (Å²) in [6.45, 7) is 3.86. The van der Waals surface area contributed by atoms with Crippen molar-refractivity contribution < 1.29 is 19.1 Å². The number of nitrogens with one attached hydrogen (secondary N) is 1. The number of hydrogen-bond acceptors (Lipinski definition) is 5. The summed E-state index contributed by atoms with van der Waals surface area (Å²) in [5.74, 6) is 0.319. The van der Waals surface area contributed by atoms with E-state index >= 15 is 0 Å². The molecule has 1 aliphatic heterocycles. The number of carbonyl (C=O) groups is 2. The molecule has 1 N–H and O–H groups in total. The number of para-hydroxylation sites is 1. The molecule has 6 heteroatoms. The molecule has 0 atom stereocenters. The summed E-state index contributed by atoms with van der Waals surface area (Å²) >= 11 is 0. The molecule has 32 heavy (non-hydrogen) atoms. The van der Waals surface area contributed by atoms with Crippen LogP contribution in [0.4, 0.5) is 11.4 Å². The molecule has 0 bridgehead atoms. The molecule has 4 rings (SSSR count). The van der Waals surface area contributed by atoms with Gasteiger partial charge in [-0.1, -0.05) is 36.4 Å². The summed E-state index contributed by atoms with van der Waals surface area (Å²) in [6.07, 6.45) is 0. The van der Waals surface area contributed by atoms with Gasteiger partial charge < -0.3 is 14.8 Å². The number of rotatable bonds is 6. The van der Waals surface area contributed by atoms with Crippen molar-refractivity contribution in [2.75, 3.05) is 24.4 Å². The van der Waals surface area contributed by atoms with E-state index < -0.39 is 11.8 Å². The maximum Gasteiger partial charge on any atom is 0.282 e. The van der Waals surface area contributed by atoms with Crippen molar-refractivity contribution >= 4 is 28.8 Å². The Morgan fingerprint density at radius 2 is 1.56 bits per heavy atom. The van der Waals surface area contributed by atoms with Crippen LogP contribution in [0.25, 0.3) is 5.57 Å². The van der Waals surface area contributed by atoms with Gasteiger partial charge in [0.15, 0.2) is 0 Å². The van der Waals surface area contributed by atoms with Gasteiger partial charge >= 0.3 is 0 Å². The van der Waals surface area contributed by atoms with Gasteiger partial charge in [0.2, 0.25) is 0 Å². The number of carbonyl (C=O) groups excluding carboxylic acids is 2. The minimum atomic E-state index is -0.424. The van der Waals surface area contributed by atoms with E-state index in [1.165, 1.54) is 12.0 Å². The van der Waals surface area contributed by atoms with Crippen LogP contribution in [-0.2, 0) is 9.59 Å². The molecule has 0 saturated carbocycles.